The summed E-state index contributed by atoms with van der Waals surface area (Å²) in [6, 6.07) is 25.3. The van der Waals surface area contributed by atoms with Crippen LogP contribution in [0.3, 0.4) is 0 Å². The molecule has 29 heavy (non-hydrogen) atoms. The van der Waals surface area contributed by atoms with E-state index < -0.39 is 6.17 Å². The van der Waals surface area contributed by atoms with Crippen molar-refractivity contribution in [2.24, 2.45) is 10.7 Å². The van der Waals surface area contributed by atoms with Crippen molar-refractivity contribution in [3.8, 4) is 5.75 Å². The van der Waals surface area contributed by atoms with Gasteiger partial charge in [0.1, 0.15) is 11.9 Å². The van der Waals surface area contributed by atoms with Crippen molar-refractivity contribution < 1.29 is 9.53 Å². The molecule has 0 aliphatic carbocycles. The molecule has 5 heteroatoms. The number of carbonyl (C=O) groups excluding carboxylic acids is 1. The Kier molecular flexibility index (Phi) is 5.40. The molecule has 1 aliphatic rings. The van der Waals surface area contributed by atoms with Crippen LogP contribution in [0.5, 0.6) is 5.75 Å². The lowest BCUT2D eigenvalue weighted by atomic mass is 10.00. The van der Waals surface area contributed by atoms with Crippen molar-refractivity contribution in [1.82, 2.24) is 0 Å². The minimum Gasteiger partial charge on any atom is -0.496 e. The van der Waals surface area contributed by atoms with Gasteiger partial charge in [-0.15, -0.1) is 0 Å². The van der Waals surface area contributed by atoms with Gasteiger partial charge in [-0.25, -0.2) is 0 Å². The molecule has 0 amide bonds. The summed E-state index contributed by atoms with van der Waals surface area (Å²) in [6.45, 7) is 0.650. The zero-order valence-electron chi connectivity index (χ0n) is 16.3. The lowest BCUT2D eigenvalue weighted by molar-refractivity contribution is 0.0996. The highest BCUT2D eigenvalue weighted by Gasteiger charge is 2.25. The number of rotatable bonds is 5. The Bertz CT molecular complexity index is 1050. The maximum atomic E-state index is 13.1. The second kappa shape index (κ2) is 8.29. The van der Waals surface area contributed by atoms with Gasteiger partial charge >= 0.3 is 0 Å². The molecule has 0 saturated heterocycles. The largest absolute Gasteiger partial charge is 0.496 e. The first-order valence-electron chi connectivity index (χ1n) is 9.56. The molecule has 0 bridgehead atoms. The molecule has 3 aromatic rings. The quantitative estimate of drug-likeness (QED) is 0.683. The molecule has 3 aromatic carbocycles. The highest BCUT2D eigenvalue weighted by Crippen LogP contribution is 2.28. The lowest BCUT2D eigenvalue weighted by Gasteiger charge is -2.25. The Hall–Kier alpha value is -3.44. The fraction of sp³-hybridized carbons (Fsp3) is 0.167. The molecular formula is C24H23N3O2. The van der Waals surface area contributed by atoms with Crippen LogP contribution in [-0.4, -0.2) is 37.9 Å². The number of para-hydroxylation sites is 2. The first-order valence-corrected chi connectivity index (χ1v) is 9.56. The number of hydrogen-bond donors (Lipinski definition) is 1. The molecule has 0 fully saturated rings. The Morgan fingerprint density at radius 2 is 1.72 bits per heavy atom. The Morgan fingerprint density at radius 3 is 2.52 bits per heavy atom. The minimum atomic E-state index is -0.442. The summed E-state index contributed by atoms with van der Waals surface area (Å²) in [5.41, 5.74) is 10.7. The molecule has 0 spiro atoms. The van der Waals surface area contributed by atoms with E-state index in [9.17, 15) is 4.79 Å². The number of benzodiazepines with no additional fused rings is 1. The molecule has 1 atom stereocenters. The number of Topliss-reactive ketones (excluding diaryl/α,β-unsaturated/α-hetero) is 1. The summed E-state index contributed by atoms with van der Waals surface area (Å²) in [4.78, 5) is 19.8. The zero-order valence-corrected chi connectivity index (χ0v) is 16.3. The van der Waals surface area contributed by atoms with Gasteiger partial charge in [-0.05, 0) is 18.2 Å². The van der Waals surface area contributed by atoms with E-state index in [0.29, 0.717) is 17.9 Å². The van der Waals surface area contributed by atoms with Gasteiger partial charge in [0, 0.05) is 16.8 Å². The fourth-order valence-electron chi connectivity index (χ4n) is 3.66. The SMILES string of the molecule is COc1ccccc1C(=O)CN1CC(N)N=C(c2ccccc2)c2ccccc21. The second-order valence-corrected chi connectivity index (χ2v) is 6.93. The minimum absolute atomic E-state index is 0.0207. The first-order chi connectivity index (χ1) is 14.2. The molecule has 4 rings (SSSR count). The first kappa shape index (κ1) is 18.9. The van der Waals surface area contributed by atoms with Gasteiger partial charge in [0.2, 0.25) is 0 Å². The number of carbonyl (C=O) groups is 1. The number of hydrogen-bond acceptors (Lipinski definition) is 5. The van der Waals surface area contributed by atoms with Crippen LogP contribution in [0.25, 0.3) is 0 Å². The van der Waals surface area contributed by atoms with E-state index in [1.807, 2.05) is 71.6 Å². The van der Waals surface area contributed by atoms with Crippen LogP contribution in [0, 0.1) is 0 Å². The summed E-state index contributed by atoms with van der Waals surface area (Å²) < 4.78 is 5.36. The molecular weight excluding hydrogens is 362 g/mol. The number of anilines is 1. The normalized spacial score (nSPS) is 15.9. The predicted octanol–water partition coefficient (Wildman–Crippen LogP) is 3.52. The van der Waals surface area contributed by atoms with Gasteiger partial charge in [0.25, 0.3) is 0 Å². The third-order valence-corrected chi connectivity index (χ3v) is 4.99. The maximum Gasteiger partial charge on any atom is 0.185 e. The van der Waals surface area contributed by atoms with E-state index in [0.717, 1.165) is 22.5 Å². The molecule has 1 heterocycles. The van der Waals surface area contributed by atoms with Gasteiger partial charge in [0.05, 0.1) is 31.5 Å². The van der Waals surface area contributed by atoms with Gasteiger partial charge < -0.3 is 15.4 Å². The van der Waals surface area contributed by atoms with Crippen LogP contribution in [0.15, 0.2) is 83.9 Å². The standard InChI is InChI=1S/C24H23N3O2/c1-29-22-14-8-6-12-19(22)21(28)15-27-16-23(25)26-24(17-9-3-2-4-10-17)18-11-5-7-13-20(18)27/h2-14,23H,15-16,25H2,1H3. The van der Waals surface area contributed by atoms with E-state index in [-0.39, 0.29) is 12.3 Å². The van der Waals surface area contributed by atoms with Crippen molar-refractivity contribution in [2.45, 2.75) is 6.17 Å². The van der Waals surface area contributed by atoms with Crippen LogP contribution in [-0.2, 0) is 0 Å². The van der Waals surface area contributed by atoms with Crippen molar-refractivity contribution in [3.05, 3.63) is 95.6 Å². The maximum absolute atomic E-state index is 13.1. The lowest BCUT2D eigenvalue weighted by Crippen LogP contribution is -2.39. The average molecular weight is 385 g/mol. The molecule has 0 radical (unpaired) electrons. The molecule has 1 unspecified atom stereocenters. The van der Waals surface area contributed by atoms with E-state index in [1.54, 1.807) is 19.2 Å². The van der Waals surface area contributed by atoms with Gasteiger partial charge in [0.15, 0.2) is 5.78 Å². The Morgan fingerprint density at radius 1 is 1.03 bits per heavy atom. The average Bonchev–Trinajstić information content (AvgIpc) is 2.91. The second-order valence-electron chi connectivity index (χ2n) is 6.93. The van der Waals surface area contributed by atoms with Crippen molar-refractivity contribution in [2.75, 3.05) is 25.1 Å². The Labute approximate surface area is 170 Å². The summed E-state index contributed by atoms with van der Waals surface area (Å²) in [7, 11) is 1.57. The zero-order chi connectivity index (χ0) is 20.2. The summed E-state index contributed by atoms with van der Waals surface area (Å²) in [5, 5.41) is 0. The van der Waals surface area contributed by atoms with Crippen molar-refractivity contribution >= 4 is 17.2 Å². The van der Waals surface area contributed by atoms with Crippen LogP contribution in [0.4, 0.5) is 5.69 Å². The summed E-state index contributed by atoms with van der Waals surface area (Å²) >= 11 is 0. The molecule has 1 aliphatic heterocycles. The fourth-order valence-corrected chi connectivity index (χ4v) is 3.66. The summed E-state index contributed by atoms with van der Waals surface area (Å²) in [6.07, 6.45) is -0.442. The highest BCUT2D eigenvalue weighted by atomic mass is 16.5. The number of nitrogens with zero attached hydrogens (tertiary/aromatic N) is 2. The molecule has 0 aromatic heterocycles. The topological polar surface area (TPSA) is 67.9 Å². The Balaban J connectivity index is 1.71. The summed E-state index contributed by atoms with van der Waals surface area (Å²) in [5.74, 6) is 0.554. The highest BCUT2D eigenvalue weighted by molar-refractivity contribution is 6.16. The van der Waals surface area contributed by atoms with Gasteiger partial charge in [-0.2, -0.15) is 0 Å². The third kappa shape index (κ3) is 3.91. The van der Waals surface area contributed by atoms with E-state index >= 15 is 0 Å². The number of fused-ring (bicyclic) bond motifs is 1. The number of methoxy groups -OCH3 is 1. The number of aliphatic imine (C=N–C) groups is 1. The van der Waals surface area contributed by atoms with E-state index in [1.165, 1.54) is 0 Å². The monoisotopic (exact) mass is 385 g/mol. The number of nitrogens with two attached hydrogens (primary N) is 1. The van der Waals surface area contributed by atoms with Crippen LogP contribution in [0.2, 0.25) is 0 Å². The third-order valence-electron chi connectivity index (χ3n) is 4.99. The van der Waals surface area contributed by atoms with Crippen LogP contribution < -0.4 is 15.4 Å². The van der Waals surface area contributed by atoms with Gasteiger partial charge in [-0.3, -0.25) is 9.79 Å². The van der Waals surface area contributed by atoms with Crippen LogP contribution in [0.1, 0.15) is 21.5 Å². The number of benzene rings is 3. The van der Waals surface area contributed by atoms with E-state index in [4.69, 9.17) is 15.5 Å². The van der Waals surface area contributed by atoms with E-state index in [2.05, 4.69) is 0 Å². The molecule has 146 valence electrons. The number of ether oxygens (including phenoxy) is 1. The molecule has 2 N–H and O–H groups in total. The van der Waals surface area contributed by atoms with Crippen molar-refractivity contribution in [3.63, 3.8) is 0 Å². The van der Waals surface area contributed by atoms with Gasteiger partial charge in [-0.1, -0.05) is 60.7 Å². The smallest absolute Gasteiger partial charge is 0.185 e. The van der Waals surface area contributed by atoms with Crippen LogP contribution >= 0.6 is 0 Å². The molecule has 5 nitrogen and oxygen atoms in total. The van der Waals surface area contributed by atoms with Crippen molar-refractivity contribution in [1.29, 1.82) is 0 Å². The predicted molar refractivity (Wildman–Crippen MR) is 116 cm³/mol. The number of ketones is 1. The molecule has 0 saturated carbocycles.